The minimum absolute atomic E-state index is 0.111. The molecule has 0 fully saturated rings. The van der Waals surface area contributed by atoms with Crippen LogP contribution in [0.4, 0.5) is 15.9 Å². The number of anilines is 1. The molecule has 0 saturated carbocycles. The van der Waals surface area contributed by atoms with Crippen molar-refractivity contribution in [3.8, 4) is 6.07 Å². The molecule has 0 radical (unpaired) electrons. The quantitative estimate of drug-likeness (QED) is 0.680. The summed E-state index contributed by atoms with van der Waals surface area (Å²) >= 11 is 0. The fraction of sp³-hybridized carbons (Fsp3) is 0.0833. The second-order valence-corrected chi connectivity index (χ2v) is 4.02. The molecular formula is C12H8FN5O3. The molecule has 0 saturated heterocycles. The van der Waals surface area contributed by atoms with E-state index in [4.69, 9.17) is 5.26 Å². The zero-order valence-corrected chi connectivity index (χ0v) is 10.7. The number of nitro groups is 1. The number of nitro benzene ring substituents is 1. The highest BCUT2D eigenvalue weighted by Crippen LogP contribution is 2.19. The Morgan fingerprint density at radius 1 is 1.57 bits per heavy atom. The molecule has 1 heterocycles. The lowest BCUT2D eigenvalue weighted by molar-refractivity contribution is -0.385. The maximum atomic E-state index is 13.7. The van der Waals surface area contributed by atoms with Crippen LogP contribution in [0.1, 0.15) is 15.9 Å². The van der Waals surface area contributed by atoms with Gasteiger partial charge < -0.3 is 5.32 Å². The van der Waals surface area contributed by atoms with E-state index in [1.165, 1.54) is 17.9 Å². The summed E-state index contributed by atoms with van der Waals surface area (Å²) in [5.41, 5.74) is -0.707. The molecule has 0 unspecified atom stereocenters. The Morgan fingerprint density at radius 2 is 2.29 bits per heavy atom. The van der Waals surface area contributed by atoms with E-state index in [1.54, 1.807) is 0 Å². The van der Waals surface area contributed by atoms with Crippen molar-refractivity contribution in [3.05, 3.63) is 51.5 Å². The van der Waals surface area contributed by atoms with Gasteiger partial charge in [0, 0.05) is 13.1 Å². The molecule has 8 nitrogen and oxygen atoms in total. The average Bonchev–Trinajstić information content (AvgIpc) is 2.79. The average molecular weight is 289 g/mol. The van der Waals surface area contributed by atoms with Crippen LogP contribution < -0.4 is 5.32 Å². The van der Waals surface area contributed by atoms with Crippen molar-refractivity contribution in [1.29, 1.82) is 5.26 Å². The van der Waals surface area contributed by atoms with Gasteiger partial charge in [-0.25, -0.2) is 4.39 Å². The second kappa shape index (κ2) is 5.38. The van der Waals surface area contributed by atoms with Gasteiger partial charge in [0.25, 0.3) is 11.6 Å². The summed E-state index contributed by atoms with van der Waals surface area (Å²) in [6.45, 7) is 0. The van der Waals surface area contributed by atoms with E-state index in [2.05, 4.69) is 10.4 Å². The Morgan fingerprint density at radius 3 is 2.86 bits per heavy atom. The topological polar surface area (TPSA) is 114 Å². The lowest BCUT2D eigenvalue weighted by Gasteiger charge is -2.06. The SMILES string of the molecule is Cn1ncc(C#N)c1NC(=O)c1ccc([N+](=O)[O-])cc1F. The molecule has 0 bridgehead atoms. The summed E-state index contributed by atoms with van der Waals surface area (Å²) in [6.07, 6.45) is 1.25. The van der Waals surface area contributed by atoms with Gasteiger partial charge in [-0.3, -0.25) is 19.6 Å². The summed E-state index contributed by atoms with van der Waals surface area (Å²) < 4.78 is 15.0. The van der Waals surface area contributed by atoms with Gasteiger partial charge in [0.1, 0.15) is 23.3 Å². The zero-order valence-electron chi connectivity index (χ0n) is 10.7. The van der Waals surface area contributed by atoms with E-state index >= 15 is 0 Å². The van der Waals surface area contributed by atoms with Crippen LogP contribution in [0.15, 0.2) is 24.4 Å². The van der Waals surface area contributed by atoms with Gasteiger partial charge in [-0.1, -0.05) is 0 Å². The number of halogens is 1. The Labute approximate surface area is 117 Å². The van der Waals surface area contributed by atoms with E-state index in [-0.39, 0.29) is 16.9 Å². The summed E-state index contributed by atoms with van der Waals surface area (Å²) in [5.74, 6) is -1.75. The smallest absolute Gasteiger partial charge is 0.272 e. The van der Waals surface area contributed by atoms with E-state index in [1.807, 2.05) is 6.07 Å². The normalized spacial score (nSPS) is 9.95. The highest BCUT2D eigenvalue weighted by molar-refractivity contribution is 6.04. The number of aromatic nitrogens is 2. The summed E-state index contributed by atoms with van der Waals surface area (Å²) in [5, 5.41) is 25.5. The van der Waals surface area contributed by atoms with Gasteiger partial charge >= 0.3 is 0 Å². The van der Waals surface area contributed by atoms with Crippen LogP contribution in [0.3, 0.4) is 0 Å². The first kappa shape index (κ1) is 14.1. The molecule has 1 aromatic heterocycles. The number of hydrogen-bond acceptors (Lipinski definition) is 5. The van der Waals surface area contributed by atoms with Crippen LogP contribution in [-0.4, -0.2) is 20.6 Å². The maximum Gasteiger partial charge on any atom is 0.272 e. The van der Waals surface area contributed by atoms with Crippen LogP contribution in [-0.2, 0) is 7.05 Å². The standard InChI is InChI=1S/C12H8FN5O3/c1-17-11(7(5-14)6-15-17)16-12(19)9-3-2-8(18(20)21)4-10(9)13/h2-4,6H,1H3,(H,16,19). The van der Waals surface area contributed by atoms with Crippen molar-refractivity contribution in [2.75, 3.05) is 5.32 Å². The highest BCUT2D eigenvalue weighted by Gasteiger charge is 2.18. The van der Waals surface area contributed by atoms with Crippen molar-refractivity contribution in [3.63, 3.8) is 0 Å². The number of aryl methyl sites for hydroxylation is 1. The number of carbonyl (C=O) groups is 1. The van der Waals surface area contributed by atoms with Gasteiger partial charge in [-0.15, -0.1) is 0 Å². The zero-order chi connectivity index (χ0) is 15.6. The molecule has 106 valence electrons. The molecule has 1 aromatic carbocycles. The van der Waals surface area contributed by atoms with E-state index in [0.29, 0.717) is 6.07 Å². The number of nitriles is 1. The number of hydrogen-bond donors (Lipinski definition) is 1. The van der Waals surface area contributed by atoms with E-state index in [9.17, 15) is 19.3 Å². The lowest BCUT2D eigenvalue weighted by atomic mass is 10.1. The van der Waals surface area contributed by atoms with Crippen LogP contribution in [0, 0.1) is 27.3 Å². The summed E-state index contributed by atoms with van der Waals surface area (Å²) in [6, 6.07) is 4.51. The Bertz CT molecular complexity index is 778. The summed E-state index contributed by atoms with van der Waals surface area (Å²) in [7, 11) is 1.50. The van der Waals surface area contributed by atoms with Crippen LogP contribution in [0.2, 0.25) is 0 Å². The van der Waals surface area contributed by atoms with Crippen LogP contribution >= 0.6 is 0 Å². The van der Waals surface area contributed by atoms with E-state index < -0.39 is 22.3 Å². The van der Waals surface area contributed by atoms with Crippen LogP contribution in [0.5, 0.6) is 0 Å². The lowest BCUT2D eigenvalue weighted by Crippen LogP contribution is -2.17. The number of benzene rings is 1. The van der Waals surface area contributed by atoms with Crippen LogP contribution in [0.25, 0.3) is 0 Å². The number of nitrogens with zero attached hydrogens (tertiary/aromatic N) is 4. The predicted octanol–water partition coefficient (Wildman–Crippen LogP) is 1.59. The largest absolute Gasteiger partial charge is 0.306 e. The molecule has 0 aliphatic carbocycles. The van der Waals surface area contributed by atoms with Crippen molar-refractivity contribution in [2.45, 2.75) is 0 Å². The third-order valence-electron chi connectivity index (χ3n) is 2.70. The Kier molecular flexibility index (Phi) is 3.62. The molecule has 9 heteroatoms. The van der Waals surface area contributed by atoms with Crippen molar-refractivity contribution in [2.24, 2.45) is 7.05 Å². The van der Waals surface area contributed by atoms with Gasteiger partial charge in [0.05, 0.1) is 22.7 Å². The third-order valence-corrected chi connectivity index (χ3v) is 2.70. The molecular weight excluding hydrogens is 281 g/mol. The first-order valence-corrected chi connectivity index (χ1v) is 5.61. The molecule has 1 N–H and O–H groups in total. The van der Waals surface area contributed by atoms with Gasteiger partial charge in [-0.05, 0) is 6.07 Å². The fourth-order valence-corrected chi connectivity index (χ4v) is 1.64. The third kappa shape index (κ3) is 2.69. The fourth-order valence-electron chi connectivity index (χ4n) is 1.64. The number of amides is 1. The predicted molar refractivity (Wildman–Crippen MR) is 68.9 cm³/mol. The summed E-state index contributed by atoms with van der Waals surface area (Å²) in [4.78, 5) is 21.7. The highest BCUT2D eigenvalue weighted by atomic mass is 19.1. The Hall–Kier alpha value is -3.28. The number of carbonyl (C=O) groups excluding carboxylic acids is 1. The minimum Gasteiger partial charge on any atom is -0.306 e. The molecule has 0 atom stereocenters. The number of rotatable bonds is 3. The number of non-ortho nitro benzene ring substituents is 1. The molecule has 0 spiro atoms. The molecule has 0 aliphatic rings. The molecule has 0 aliphatic heterocycles. The maximum absolute atomic E-state index is 13.7. The van der Waals surface area contributed by atoms with Crippen molar-refractivity contribution in [1.82, 2.24) is 9.78 Å². The first-order valence-electron chi connectivity index (χ1n) is 5.61. The minimum atomic E-state index is -1.03. The molecule has 2 aromatic rings. The monoisotopic (exact) mass is 289 g/mol. The van der Waals surface area contributed by atoms with Gasteiger partial charge in [0.2, 0.25) is 0 Å². The van der Waals surface area contributed by atoms with Gasteiger partial charge in [0.15, 0.2) is 0 Å². The van der Waals surface area contributed by atoms with E-state index in [0.717, 1.165) is 12.1 Å². The second-order valence-electron chi connectivity index (χ2n) is 4.02. The first-order chi connectivity index (χ1) is 9.93. The van der Waals surface area contributed by atoms with Gasteiger partial charge in [-0.2, -0.15) is 10.4 Å². The molecule has 1 amide bonds. The van der Waals surface area contributed by atoms with Crippen molar-refractivity contribution >= 4 is 17.4 Å². The molecule has 21 heavy (non-hydrogen) atoms. The molecule has 2 rings (SSSR count). The number of nitrogens with one attached hydrogen (secondary N) is 1. The van der Waals surface area contributed by atoms with Crippen molar-refractivity contribution < 1.29 is 14.1 Å². The Balaban J connectivity index is 2.31.